The van der Waals surface area contributed by atoms with Crippen molar-refractivity contribution in [3.63, 3.8) is 0 Å². The first-order chi connectivity index (χ1) is 10.4. The molecular formula is C20H15F2PTi. The van der Waals surface area contributed by atoms with Crippen LogP contribution in [0.25, 0.3) is 10.8 Å². The Morgan fingerprint density at radius 2 is 1.58 bits per heavy atom. The minimum atomic E-state index is -0.496. The Hall–Kier alpha value is -1.47. The summed E-state index contributed by atoms with van der Waals surface area (Å²) in [5.41, 5.74) is 0. The van der Waals surface area contributed by atoms with Gasteiger partial charge in [0.05, 0.1) is 0 Å². The standard InChI is InChI=1S/C20H15P.2FH.Ti/c1-2-9-17(10-3-1)21(18-11-5-6-12-18)20-15-14-16-8-4-7-13-19(16)20;;;/h1-5,7-11,13-15H,6H2;2*1H;/q-2;;;+4/p-2. The molecule has 0 aliphatic heterocycles. The van der Waals surface area contributed by atoms with Gasteiger partial charge >= 0.3 is 21.7 Å². The number of allylic oxidation sites excluding steroid dienone is 4. The number of halogens is 2. The molecule has 3 aromatic rings. The molecular weight excluding hydrogens is 357 g/mol. The number of rotatable bonds is 3. The average Bonchev–Trinajstić information content (AvgIpc) is 3.20. The molecule has 0 spiro atoms. The van der Waals surface area contributed by atoms with E-state index in [0.29, 0.717) is 0 Å². The van der Waals surface area contributed by atoms with Crippen molar-refractivity contribution in [2.45, 2.75) is 6.42 Å². The van der Waals surface area contributed by atoms with Gasteiger partial charge in [0.1, 0.15) is 0 Å². The summed E-state index contributed by atoms with van der Waals surface area (Å²) in [6, 6.07) is 24.1. The van der Waals surface area contributed by atoms with Gasteiger partial charge in [0.25, 0.3) is 0 Å². The zero-order valence-corrected chi connectivity index (χ0v) is 15.4. The normalized spacial score (nSPS) is 13.4. The monoisotopic (exact) mass is 372 g/mol. The Kier molecular flexibility index (Phi) is 7.83. The number of fused-ring (bicyclic) bond motifs is 1. The van der Waals surface area contributed by atoms with Gasteiger partial charge in [-0.3, -0.25) is 6.08 Å². The van der Waals surface area contributed by atoms with E-state index in [-0.39, 0.29) is 31.1 Å². The van der Waals surface area contributed by atoms with Crippen LogP contribution in [0.1, 0.15) is 6.42 Å². The van der Waals surface area contributed by atoms with E-state index in [9.17, 15) is 0 Å². The molecule has 1 atom stereocenters. The van der Waals surface area contributed by atoms with Gasteiger partial charge in [-0.2, -0.15) is 17.5 Å². The summed E-state index contributed by atoms with van der Waals surface area (Å²) in [4.78, 5) is 0. The van der Waals surface area contributed by atoms with E-state index in [1.165, 1.54) is 26.7 Å². The Bertz CT molecular complexity index is 837. The van der Waals surface area contributed by atoms with E-state index in [0.717, 1.165) is 6.42 Å². The summed E-state index contributed by atoms with van der Waals surface area (Å²) >= 11 is 0. The van der Waals surface area contributed by atoms with Gasteiger partial charge in [0.15, 0.2) is 0 Å². The van der Waals surface area contributed by atoms with Gasteiger partial charge in [-0.1, -0.05) is 44.3 Å². The SMILES string of the molecule is [C-]1=C(P(c2ccccc2)[c-]2ccc3ccccc32)C=CC1.[F-].[F-].[Ti+4]. The molecule has 0 amide bonds. The van der Waals surface area contributed by atoms with Crippen molar-refractivity contribution < 1.29 is 31.1 Å². The molecule has 24 heavy (non-hydrogen) atoms. The van der Waals surface area contributed by atoms with E-state index in [1.807, 2.05) is 0 Å². The molecule has 118 valence electrons. The van der Waals surface area contributed by atoms with Crippen molar-refractivity contribution in [3.05, 3.63) is 90.3 Å². The van der Waals surface area contributed by atoms with Crippen LogP contribution in [0, 0.1) is 6.08 Å². The topological polar surface area (TPSA) is 0 Å². The first-order valence-electron chi connectivity index (χ1n) is 7.20. The van der Waals surface area contributed by atoms with Crippen LogP contribution in [-0.2, 0) is 21.7 Å². The fourth-order valence-electron chi connectivity index (χ4n) is 2.86. The molecule has 0 aromatic heterocycles. The molecule has 0 nitrogen and oxygen atoms in total. The molecule has 4 heteroatoms. The van der Waals surface area contributed by atoms with Gasteiger partial charge < -0.3 is 9.41 Å². The second kappa shape index (κ2) is 9.13. The summed E-state index contributed by atoms with van der Waals surface area (Å²) in [5.74, 6) is 0. The van der Waals surface area contributed by atoms with Crippen molar-refractivity contribution in [2.24, 2.45) is 0 Å². The molecule has 1 aliphatic carbocycles. The Morgan fingerprint density at radius 3 is 2.29 bits per heavy atom. The minimum absolute atomic E-state index is 0. The van der Waals surface area contributed by atoms with Crippen molar-refractivity contribution in [1.82, 2.24) is 0 Å². The van der Waals surface area contributed by atoms with E-state index in [4.69, 9.17) is 0 Å². The third-order valence-corrected chi connectivity index (χ3v) is 6.31. The maximum Gasteiger partial charge on any atom is 4.00 e. The molecule has 1 aliphatic rings. The zero-order valence-electron chi connectivity index (χ0n) is 12.9. The van der Waals surface area contributed by atoms with E-state index < -0.39 is 7.92 Å². The fourth-order valence-corrected chi connectivity index (χ4v) is 5.32. The van der Waals surface area contributed by atoms with Crippen molar-refractivity contribution >= 4 is 29.3 Å². The predicted octanol–water partition coefficient (Wildman–Crippen LogP) is -1.36. The molecule has 0 bridgehead atoms. The van der Waals surface area contributed by atoms with Crippen LogP contribution in [0.4, 0.5) is 0 Å². The maximum atomic E-state index is 3.54. The van der Waals surface area contributed by atoms with Crippen LogP contribution in [-0.4, -0.2) is 0 Å². The first-order valence-corrected chi connectivity index (χ1v) is 8.54. The second-order valence-electron chi connectivity index (χ2n) is 5.15. The Morgan fingerprint density at radius 1 is 0.875 bits per heavy atom. The van der Waals surface area contributed by atoms with Crippen molar-refractivity contribution in [3.8, 4) is 0 Å². The molecule has 3 aromatic carbocycles. The summed E-state index contributed by atoms with van der Waals surface area (Å²) in [6.07, 6.45) is 8.94. The summed E-state index contributed by atoms with van der Waals surface area (Å²) < 4.78 is 0. The van der Waals surface area contributed by atoms with E-state index >= 15 is 0 Å². The molecule has 0 fully saturated rings. The number of benzene rings is 2. The molecule has 0 heterocycles. The average molecular weight is 372 g/mol. The molecule has 0 saturated carbocycles. The van der Waals surface area contributed by atoms with Crippen LogP contribution in [0.15, 0.2) is 84.2 Å². The van der Waals surface area contributed by atoms with Crippen molar-refractivity contribution in [1.29, 1.82) is 0 Å². The van der Waals surface area contributed by atoms with Crippen molar-refractivity contribution in [2.75, 3.05) is 0 Å². The molecule has 0 saturated heterocycles. The summed E-state index contributed by atoms with van der Waals surface area (Å²) in [6.45, 7) is 0. The predicted molar refractivity (Wildman–Crippen MR) is 92.7 cm³/mol. The number of hydrogen-bond acceptors (Lipinski definition) is 0. The van der Waals surface area contributed by atoms with Gasteiger partial charge in [0.2, 0.25) is 0 Å². The smallest absolute Gasteiger partial charge is 1.00 e. The van der Waals surface area contributed by atoms with Crippen LogP contribution < -0.4 is 20.0 Å². The van der Waals surface area contributed by atoms with Crippen LogP contribution in [0.2, 0.25) is 0 Å². The quantitative estimate of drug-likeness (QED) is 0.303. The Balaban J connectivity index is 0.000000960. The van der Waals surface area contributed by atoms with Gasteiger partial charge in [-0.05, 0) is 5.30 Å². The first kappa shape index (κ1) is 20.6. The number of hydrogen-bond donors (Lipinski definition) is 0. The maximum absolute atomic E-state index is 3.54. The van der Waals surface area contributed by atoms with Gasteiger partial charge in [-0.25, -0.2) is 6.08 Å². The van der Waals surface area contributed by atoms with Crippen LogP contribution in [0.3, 0.4) is 0 Å². The van der Waals surface area contributed by atoms with E-state index in [1.54, 1.807) is 0 Å². The minimum Gasteiger partial charge on any atom is -1.00 e. The third-order valence-electron chi connectivity index (χ3n) is 3.83. The van der Waals surface area contributed by atoms with Gasteiger partial charge in [-0.15, -0.1) is 46.8 Å². The zero-order chi connectivity index (χ0) is 14.1. The van der Waals surface area contributed by atoms with Gasteiger partial charge in [0, 0.05) is 0 Å². The third kappa shape index (κ3) is 3.78. The van der Waals surface area contributed by atoms with Crippen LogP contribution in [0.5, 0.6) is 0 Å². The molecule has 4 rings (SSSR count). The molecule has 1 unspecified atom stereocenters. The largest absolute Gasteiger partial charge is 4.00 e. The molecule has 0 radical (unpaired) electrons. The summed E-state index contributed by atoms with van der Waals surface area (Å²) in [5, 5.41) is 6.91. The fraction of sp³-hybridized carbons (Fsp3) is 0.0500. The Labute approximate surface area is 157 Å². The second-order valence-corrected chi connectivity index (χ2v) is 7.30. The van der Waals surface area contributed by atoms with Crippen LogP contribution >= 0.6 is 7.92 Å². The molecule has 0 N–H and O–H groups in total. The summed E-state index contributed by atoms with van der Waals surface area (Å²) in [7, 11) is -0.496. The van der Waals surface area contributed by atoms with E-state index in [2.05, 4.69) is 85.0 Å².